The number of piperidine rings is 1. The molecule has 5 saturated heterocycles. The van der Waals surface area contributed by atoms with Crippen molar-refractivity contribution >= 4 is 49.8 Å². The van der Waals surface area contributed by atoms with Crippen molar-refractivity contribution in [3.05, 3.63) is 54.9 Å². The summed E-state index contributed by atoms with van der Waals surface area (Å²) in [5.41, 5.74) is 2.03. The monoisotopic (exact) mass is 761 g/mol. The van der Waals surface area contributed by atoms with Gasteiger partial charge in [0.05, 0.1) is 18.3 Å². The van der Waals surface area contributed by atoms with Crippen LogP contribution in [0.25, 0.3) is 10.8 Å². The third kappa shape index (κ3) is 7.91. The number of nitrogens with zero attached hydrogens (tertiary/aromatic N) is 8. The normalized spacial score (nSPS) is 25.2. The van der Waals surface area contributed by atoms with Gasteiger partial charge in [-0.05, 0) is 67.3 Å². The maximum atomic E-state index is 15.8. The number of halogens is 1. The number of carbonyl (C=O) groups excluding carboxylic acids is 1. The first-order chi connectivity index (χ1) is 26.1. The predicted molar refractivity (Wildman–Crippen MR) is 209 cm³/mol. The number of aromatic nitrogens is 3. The number of anilines is 4. The first-order valence-corrected chi connectivity index (χ1v) is 21.5. The molecule has 3 aromatic rings. The van der Waals surface area contributed by atoms with Crippen molar-refractivity contribution < 1.29 is 22.3 Å². The zero-order valence-electron chi connectivity index (χ0n) is 31.2. The molecule has 15 heteroatoms. The fourth-order valence-corrected chi connectivity index (χ4v) is 10.4. The summed E-state index contributed by atoms with van der Waals surface area (Å²) in [6, 6.07) is 8.34. The van der Waals surface area contributed by atoms with Crippen LogP contribution in [-0.4, -0.2) is 146 Å². The van der Waals surface area contributed by atoms with Gasteiger partial charge in [-0.3, -0.25) is 14.6 Å². The summed E-state index contributed by atoms with van der Waals surface area (Å²) in [5, 5.41) is 5.28. The van der Waals surface area contributed by atoms with Gasteiger partial charge in [0, 0.05) is 113 Å². The number of hydrogen-bond donors (Lipinski definition) is 1. The number of alkyl halides is 1. The van der Waals surface area contributed by atoms with Crippen LogP contribution in [0.1, 0.15) is 43.7 Å². The number of hydrogen-bond acceptors (Lipinski definition) is 12. The van der Waals surface area contributed by atoms with Crippen molar-refractivity contribution in [3.63, 3.8) is 0 Å². The molecule has 3 atom stereocenters. The van der Waals surface area contributed by atoms with Crippen LogP contribution in [-0.2, 0) is 19.4 Å². The van der Waals surface area contributed by atoms with E-state index in [9.17, 15) is 13.2 Å². The van der Waals surface area contributed by atoms with Gasteiger partial charge in [0.15, 0.2) is 0 Å². The van der Waals surface area contributed by atoms with Crippen molar-refractivity contribution in [2.45, 2.75) is 56.4 Å². The van der Waals surface area contributed by atoms with E-state index < -0.39 is 16.0 Å². The molecule has 5 aliphatic rings. The van der Waals surface area contributed by atoms with E-state index in [-0.39, 0.29) is 36.2 Å². The summed E-state index contributed by atoms with van der Waals surface area (Å²) in [6.07, 6.45) is 9.83. The number of likely N-dealkylation sites (tertiary alicyclic amines) is 1. The first-order valence-electron chi connectivity index (χ1n) is 19.5. The van der Waals surface area contributed by atoms with Crippen molar-refractivity contribution in [1.82, 2.24) is 29.7 Å². The van der Waals surface area contributed by atoms with Gasteiger partial charge < -0.3 is 24.8 Å². The highest BCUT2D eigenvalue weighted by Crippen LogP contribution is 2.41. The maximum Gasteiger partial charge on any atom is 0.246 e. The number of pyridine rings is 1. The fraction of sp³-hybridized carbons (Fsp3) is 0.590. The van der Waals surface area contributed by atoms with Crippen LogP contribution < -0.4 is 15.1 Å². The summed E-state index contributed by atoms with van der Waals surface area (Å²) in [6.45, 7) is 12.1. The SMILES string of the molecule is C=CC(=O)N1CCC[C@H]1c1ccc(N2CC(CS(C)(=O)=O)C2)c2cnc(Nc3ccnc(N4CC[C@@H](N5CCN(C6CCOCC6)CC5)[C@@H](F)C4)n3)cc12. The molecule has 5 aliphatic heterocycles. The Morgan fingerprint density at radius 3 is 2.46 bits per heavy atom. The van der Waals surface area contributed by atoms with Crippen LogP contribution in [0.3, 0.4) is 0 Å². The van der Waals surface area contributed by atoms with E-state index in [1.165, 1.54) is 12.3 Å². The molecule has 0 spiro atoms. The number of sulfone groups is 1. The third-order valence-electron chi connectivity index (χ3n) is 12.0. The van der Waals surface area contributed by atoms with Gasteiger partial charge >= 0.3 is 0 Å². The van der Waals surface area contributed by atoms with E-state index in [0.717, 1.165) is 93.5 Å². The molecule has 0 aliphatic carbocycles. The average molecular weight is 762 g/mol. The van der Waals surface area contributed by atoms with Gasteiger partial charge in [0.25, 0.3) is 0 Å². The van der Waals surface area contributed by atoms with Gasteiger partial charge in [0.2, 0.25) is 11.9 Å². The second-order valence-corrected chi connectivity index (χ2v) is 17.8. The van der Waals surface area contributed by atoms with Crippen LogP contribution in [0.5, 0.6) is 0 Å². The zero-order chi connectivity index (χ0) is 37.4. The van der Waals surface area contributed by atoms with E-state index in [2.05, 4.69) is 43.7 Å². The molecule has 0 saturated carbocycles. The number of rotatable bonds is 10. The summed E-state index contributed by atoms with van der Waals surface area (Å²) >= 11 is 0. The first kappa shape index (κ1) is 37.0. The molecule has 8 rings (SSSR count). The molecular formula is C39H52FN9O4S. The molecule has 1 N–H and O–H groups in total. The largest absolute Gasteiger partial charge is 0.381 e. The number of amides is 1. The Bertz CT molecular complexity index is 1950. The van der Waals surface area contributed by atoms with Crippen molar-refractivity contribution in [2.24, 2.45) is 5.92 Å². The lowest BCUT2D eigenvalue weighted by molar-refractivity contribution is -0.126. The number of carbonyl (C=O) groups is 1. The van der Waals surface area contributed by atoms with E-state index in [1.54, 1.807) is 12.3 Å². The molecule has 13 nitrogen and oxygen atoms in total. The van der Waals surface area contributed by atoms with Crippen LogP contribution in [0.4, 0.5) is 27.7 Å². The molecule has 54 heavy (non-hydrogen) atoms. The Kier molecular flexibility index (Phi) is 10.7. The molecule has 290 valence electrons. The van der Waals surface area contributed by atoms with Gasteiger partial charge in [-0.1, -0.05) is 12.6 Å². The molecule has 2 aromatic heterocycles. The van der Waals surface area contributed by atoms with Crippen LogP contribution >= 0.6 is 0 Å². The van der Waals surface area contributed by atoms with E-state index in [1.807, 2.05) is 22.1 Å². The number of fused-ring (bicyclic) bond motifs is 1. The van der Waals surface area contributed by atoms with Crippen molar-refractivity contribution in [3.8, 4) is 0 Å². The second-order valence-electron chi connectivity index (χ2n) is 15.6. The summed E-state index contributed by atoms with van der Waals surface area (Å²) in [5.74, 6) is 1.80. The lowest BCUT2D eigenvalue weighted by atomic mass is 9.94. The van der Waals surface area contributed by atoms with Crippen LogP contribution in [0.2, 0.25) is 0 Å². The maximum absolute atomic E-state index is 15.8. The van der Waals surface area contributed by atoms with Crippen LogP contribution in [0.15, 0.2) is 49.3 Å². The van der Waals surface area contributed by atoms with Crippen molar-refractivity contribution in [1.29, 1.82) is 0 Å². The zero-order valence-corrected chi connectivity index (χ0v) is 32.0. The Balaban J connectivity index is 0.973. The molecule has 0 bridgehead atoms. The van der Waals surface area contributed by atoms with Gasteiger partial charge in [0.1, 0.15) is 27.6 Å². The fourth-order valence-electron chi connectivity index (χ4n) is 9.32. The second kappa shape index (κ2) is 15.7. The lowest BCUT2D eigenvalue weighted by Gasteiger charge is -2.46. The quantitative estimate of drug-likeness (QED) is 0.302. The standard InChI is InChI=1S/C39H52FN9O4S/c1-3-38(50)49-13-4-5-34(49)29-6-7-33(48-23-27(24-48)26-54(2,51)52)31-22-42-37(21-30(29)31)43-36-8-12-41-39(44-36)47-14-9-35(32(40)25-47)46-17-15-45(16-18-46)28-10-19-53-20-11-28/h3,6-8,12,21-22,27-28,32,34-35H,1,4-5,9-11,13-20,23-26H2,2H3,(H,41,42,43,44)/t32-,34-,35+/m0/s1. The number of ether oxygens (including phenoxy) is 1. The molecular weight excluding hydrogens is 710 g/mol. The summed E-state index contributed by atoms with van der Waals surface area (Å²) < 4.78 is 45.2. The molecule has 1 amide bonds. The van der Waals surface area contributed by atoms with Crippen molar-refractivity contribution in [2.75, 3.05) is 99.2 Å². The predicted octanol–water partition coefficient (Wildman–Crippen LogP) is 3.81. The summed E-state index contributed by atoms with van der Waals surface area (Å²) in [7, 11) is -3.06. The minimum atomic E-state index is -3.06. The third-order valence-corrected chi connectivity index (χ3v) is 13.1. The van der Waals surface area contributed by atoms with E-state index >= 15 is 4.39 Å². The molecule has 7 heterocycles. The smallest absolute Gasteiger partial charge is 0.246 e. The van der Waals surface area contributed by atoms with E-state index in [0.29, 0.717) is 49.8 Å². The van der Waals surface area contributed by atoms with E-state index in [4.69, 9.17) is 14.7 Å². The lowest BCUT2D eigenvalue weighted by Crippen LogP contribution is -2.59. The topological polar surface area (TPSA) is 127 Å². The molecule has 1 aromatic carbocycles. The Morgan fingerprint density at radius 1 is 0.944 bits per heavy atom. The molecule has 0 radical (unpaired) electrons. The Morgan fingerprint density at radius 2 is 1.72 bits per heavy atom. The molecule has 5 fully saturated rings. The summed E-state index contributed by atoms with van der Waals surface area (Å²) in [4.78, 5) is 37.9. The minimum Gasteiger partial charge on any atom is -0.381 e. The van der Waals surface area contributed by atoms with Gasteiger partial charge in [-0.15, -0.1) is 0 Å². The highest BCUT2D eigenvalue weighted by Gasteiger charge is 2.37. The number of piperazine rings is 1. The Hall–Kier alpha value is -3.92. The van der Waals surface area contributed by atoms with Crippen LogP contribution in [0, 0.1) is 5.92 Å². The van der Waals surface area contributed by atoms with Gasteiger partial charge in [-0.25, -0.2) is 22.8 Å². The highest BCUT2D eigenvalue weighted by atomic mass is 32.2. The number of nitrogens with one attached hydrogen (secondary N) is 1. The molecule has 0 unspecified atom stereocenters. The average Bonchev–Trinajstić information content (AvgIpc) is 3.65. The highest BCUT2D eigenvalue weighted by molar-refractivity contribution is 7.90. The minimum absolute atomic E-state index is 0.0857. The van der Waals surface area contributed by atoms with Gasteiger partial charge in [-0.2, -0.15) is 4.98 Å². The Labute approximate surface area is 317 Å². The number of benzene rings is 1.